The summed E-state index contributed by atoms with van der Waals surface area (Å²) in [5, 5.41) is 14.1. The Morgan fingerprint density at radius 2 is 1.74 bits per heavy atom. The van der Waals surface area contributed by atoms with Crippen molar-refractivity contribution in [1.29, 1.82) is 0 Å². The van der Waals surface area contributed by atoms with E-state index in [0.29, 0.717) is 0 Å². The van der Waals surface area contributed by atoms with Crippen LogP contribution in [0.3, 0.4) is 0 Å². The first-order valence-electron chi connectivity index (χ1n) is 8.48. The fourth-order valence-electron chi connectivity index (χ4n) is 3.34. The summed E-state index contributed by atoms with van der Waals surface area (Å²) < 4.78 is 0. The maximum absolute atomic E-state index is 10.5. The first-order chi connectivity index (χ1) is 11.2. The molecule has 1 aliphatic rings. The molecule has 122 valence electrons. The number of aliphatic hydroxyl groups is 1. The van der Waals surface area contributed by atoms with Crippen LogP contribution in [0, 0.1) is 0 Å². The van der Waals surface area contributed by atoms with E-state index in [9.17, 15) is 5.11 Å². The topological polar surface area (TPSA) is 35.5 Å². The molecule has 1 fully saturated rings. The third kappa shape index (κ3) is 4.41. The quantitative estimate of drug-likeness (QED) is 0.891. The van der Waals surface area contributed by atoms with Gasteiger partial charge in [-0.05, 0) is 24.5 Å². The van der Waals surface area contributed by atoms with Crippen molar-refractivity contribution >= 4 is 0 Å². The van der Waals surface area contributed by atoms with Gasteiger partial charge < -0.3 is 10.4 Å². The molecule has 2 N–H and O–H groups in total. The van der Waals surface area contributed by atoms with Crippen molar-refractivity contribution in [2.24, 2.45) is 0 Å². The fourth-order valence-corrected chi connectivity index (χ4v) is 3.34. The lowest BCUT2D eigenvalue weighted by Crippen LogP contribution is -2.52. The van der Waals surface area contributed by atoms with Crippen LogP contribution in [0.1, 0.15) is 30.5 Å². The van der Waals surface area contributed by atoms with Crippen LogP contribution in [-0.2, 0) is 6.54 Å². The van der Waals surface area contributed by atoms with Gasteiger partial charge in [-0.2, -0.15) is 0 Å². The molecule has 3 rings (SSSR count). The van der Waals surface area contributed by atoms with Gasteiger partial charge in [0.05, 0.1) is 6.10 Å². The normalized spacial score (nSPS) is 23.6. The summed E-state index contributed by atoms with van der Waals surface area (Å²) in [5.41, 5.74) is 2.58. The molecular weight excluding hydrogens is 284 g/mol. The molecule has 1 heterocycles. The number of rotatable bonds is 5. The molecule has 0 bridgehead atoms. The van der Waals surface area contributed by atoms with Crippen molar-refractivity contribution in [2.75, 3.05) is 13.1 Å². The number of β-amino-alcohol motifs (C(OH)–C–C–N with tert-alkyl or cyclic N) is 1. The lowest BCUT2D eigenvalue weighted by molar-refractivity contribution is 0.0336. The Hall–Kier alpha value is -1.68. The second kappa shape index (κ2) is 7.73. The molecular formula is C20H26N2O. The zero-order chi connectivity index (χ0) is 16.1. The van der Waals surface area contributed by atoms with Crippen molar-refractivity contribution in [1.82, 2.24) is 10.2 Å². The Morgan fingerprint density at radius 1 is 1.09 bits per heavy atom. The predicted molar refractivity (Wildman–Crippen MR) is 94.1 cm³/mol. The largest absolute Gasteiger partial charge is 0.390 e. The lowest BCUT2D eigenvalue weighted by Gasteiger charge is -2.37. The molecule has 23 heavy (non-hydrogen) atoms. The number of benzene rings is 2. The van der Waals surface area contributed by atoms with Gasteiger partial charge in [-0.15, -0.1) is 0 Å². The smallest absolute Gasteiger partial charge is 0.0820 e. The molecule has 3 nitrogen and oxygen atoms in total. The third-order valence-electron chi connectivity index (χ3n) is 4.68. The van der Waals surface area contributed by atoms with Crippen LogP contribution in [0.2, 0.25) is 0 Å². The van der Waals surface area contributed by atoms with Crippen LogP contribution in [0.25, 0.3) is 0 Å². The number of piperidine rings is 1. The summed E-state index contributed by atoms with van der Waals surface area (Å²) in [6.45, 7) is 4.83. The summed E-state index contributed by atoms with van der Waals surface area (Å²) in [6.07, 6.45) is 0.657. The number of hydrogen-bond donors (Lipinski definition) is 2. The van der Waals surface area contributed by atoms with Crippen LogP contribution in [0.15, 0.2) is 60.7 Å². The first kappa shape index (κ1) is 16.2. The van der Waals surface area contributed by atoms with Gasteiger partial charge in [0.1, 0.15) is 0 Å². The maximum Gasteiger partial charge on any atom is 0.0820 e. The highest BCUT2D eigenvalue weighted by molar-refractivity contribution is 5.18. The lowest BCUT2D eigenvalue weighted by atomic mass is 9.98. The molecule has 3 atom stereocenters. The van der Waals surface area contributed by atoms with Crippen molar-refractivity contribution in [3.63, 3.8) is 0 Å². The van der Waals surface area contributed by atoms with Gasteiger partial charge in [0.25, 0.3) is 0 Å². The molecule has 0 radical (unpaired) electrons. The molecule has 0 amide bonds. The van der Waals surface area contributed by atoms with Crippen LogP contribution < -0.4 is 5.32 Å². The van der Waals surface area contributed by atoms with E-state index in [1.165, 1.54) is 11.1 Å². The van der Waals surface area contributed by atoms with Crippen molar-refractivity contribution < 1.29 is 5.11 Å². The molecule has 1 saturated heterocycles. The van der Waals surface area contributed by atoms with Crippen molar-refractivity contribution in [2.45, 2.75) is 38.1 Å². The Bertz CT molecular complexity index is 587. The van der Waals surface area contributed by atoms with Gasteiger partial charge in [-0.25, -0.2) is 0 Å². The summed E-state index contributed by atoms with van der Waals surface area (Å²) in [7, 11) is 0. The molecule has 1 unspecified atom stereocenters. The van der Waals surface area contributed by atoms with E-state index in [-0.39, 0.29) is 18.2 Å². The van der Waals surface area contributed by atoms with Crippen LogP contribution >= 0.6 is 0 Å². The average molecular weight is 310 g/mol. The summed E-state index contributed by atoms with van der Waals surface area (Å²) in [6, 6.07) is 21.3. The monoisotopic (exact) mass is 310 g/mol. The van der Waals surface area contributed by atoms with Crippen LogP contribution in [-0.4, -0.2) is 35.2 Å². The number of aliphatic hydroxyl groups excluding tert-OH is 1. The Kier molecular flexibility index (Phi) is 5.44. The van der Waals surface area contributed by atoms with E-state index in [1.807, 2.05) is 12.1 Å². The summed E-state index contributed by atoms with van der Waals surface area (Å²) in [4.78, 5) is 2.34. The second-order valence-electron chi connectivity index (χ2n) is 6.48. The number of hydrogen-bond acceptors (Lipinski definition) is 3. The Labute approximate surface area is 139 Å². The molecule has 1 aliphatic heterocycles. The van der Waals surface area contributed by atoms with Gasteiger partial charge in [0, 0.05) is 31.7 Å². The second-order valence-corrected chi connectivity index (χ2v) is 6.48. The molecule has 2 aromatic carbocycles. The standard InChI is InChI=1S/C20H26N2O/c1-16(18-10-6-3-7-11-18)21-19-12-13-22(15-20(19)23)14-17-8-4-2-5-9-17/h2-11,16,19-21,23H,12-15H2,1H3/t16?,19-,20-/m0/s1. The van der Waals surface area contributed by atoms with Crippen molar-refractivity contribution in [3.05, 3.63) is 71.8 Å². The van der Waals surface area contributed by atoms with E-state index in [4.69, 9.17) is 0 Å². The fraction of sp³-hybridized carbons (Fsp3) is 0.400. The minimum Gasteiger partial charge on any atom is -0.390 e. The van der Waals surface area contributed by atoms with Gasteiger partial charge in [0.2, 0.25) is 0 Å². The Balaban J connectivity index is 1.52. The third-order valence-corrected chi connectivity index (χ3v) is 4.68. The van der Waals surface area contributed by atoms with E-state index in [2.05, 4.69) is 65.7 Å². The number of nitrogens with zero attached hydrogens (tertiary/aromatic N) is 1. The van der Waals surface area contributed by atoms with Crippen LogP contribution in [0.4, 0.5) is 0 Å². The zero-order valence-electron chi connectivity index (χ0n) is 13.7. The van der Waals surface area contributed by atoms with E-state index >= 15 is 0 Å². The molecule has 0 spiro atoms. The van der Waals surface area contributed by atoms with Crippen molar-refractivity contribution in [3.8, 4) is 0 Å². The highest BCUT2D eigenvalue weighted by atomic mass is 16.3. The highest BCUT2D eigenvalue weighted by Crippen LogP contribution is 2.19. The predicted octanol–water partition coefficient (Wildman–Crippen LogP) is 2.97. The van der Waals surface area contributed by atoms with Crippen LogP contribution in [0.5, 0.6) is 0 Å². The van der Waals surface area contributed by atoms with Gasteiger partial charge in [-0.1, -0.05) is 60.7 Å². The minimum atomic E-state index is -0.321. The molecule has 3 heteroatoms. The molecule has 2 aromatic rings. The summed E-state index contributed by atoms with van der Waals surface area (Å²) in [5.74, 6) is 0. The Morgan fingerprint density at radius 3 is 2.39 bits per heavy atom. The first-order valence-corrected chi connectivity index (χ1v) is 8.48. The molecule has 0 aliphatic carbocycles. The average Bonchev–Trinajstić information content (AvgIpc) is 2.59. The molecule has 0 saturated carbocycles. The highest BCUT2D eigenvalue weighted by Gasteiger charge is 2.28. The van der Waals surface area contributed by atoms with E-state index in [1.54, 1.807) is 0 Å². The number of nitrogens with one attached hydrogen (secondary N) is 1. The zero-order valence-corrected chi connectivity index (χ0v) is 13.7. The number of likely N-dealkylation sites (tertiary alicyclic amines) is 1. The van der Waals surface area contributed by atoms with Gasteiger partial charge in [0.15, 0.2) is 0 Å². The minimum absolute atomic E-state index is 0.164. The maximum atomic E-state index is 10.5. The van der Waals surface area contributed by atoms with Gasteiger partial charge in [-0.3, -0.25) is 4.90 Å². The SMILES string of the molecule is CC(N[C@H]1CCN(Cc2ccccc2)C[C@@H]1O)c1ccccc1. The molecule has 0 aromatic heterocycles. The van der Waals surface area contributed by atoms with E-state index in [0.717, 1.165) is 26.1 Å². The van der Waals surface area contributed by atoms with Gasteiger partial charge >= 0.3 is 0 Å². The van der Waals surface area contributed by atoms with E-state index < -0.39 is 0 Å². The summed E-state index contributed by atoms with van der Waals surface area (Å²) >= 11 is 0.